The highest BCUT2D eigenvalue weighted by atomic mass is 16.5. The maximum Gasteiger partial charge on any atom is 0.340 e. The van der Waals surface area contributed by atoms with Gasteiger partial charge in [0.1, 0.15) is 5.75 Å². The van der Waals surface area contributed by atoms with Gasteiger partial charge in [0, 0.05) is 24.9 Å². The molecule has 1 fully saturated rings. The van der Waals surface area contributed by atoms with Crippen molar-refractivity contribution in [3.05, 3.63) is 35.5 Å². The molecule has 0 amide bonds. The second kappa shape index (κ2) is 6.46. The summed E-state index contributed by atoms with van der Waals surface area (Å²) in [4.78, 5) is 14.5. The maximum atomic E-state index is 12.4. The summed E-state index contributed by atoms with van der Waals surface area (Å²) in [6, 6.07) is 7.58. The van der Waals surface area contributed by atoms with E-state index in [0.29, 0.717) is 17.9 Å². The summed E-state index contributed by atoms with van der Waals surface area (Å²) in [5, 5.41) is 0. The van der Waals surface area contributed by atoms with Gasteiger partial charge in [0.25, 0.3) is 0 Å². The first-order valence-corrected chi connectivity index (χ1v) is 6.93. The monoisotopic (exact) mass is 275 g/mol. The molecule has 0 N–H and O–H groups in total. The van der Waals surface area contributed by atoms with Crippen LogP contribution in [0.3, 0.4) is 0 Å². The smallest absolute Gasteiger partial charge is 0.340 e. The van der Waals surface area contributed by atoms with E-state index in [-0.39, 0.29) is 5.97 Å². The molecule has 0 saturated carbocycles. The Hall–Kier alpha value is -1.97. The van der Waals surface area contributed by atoms with Crippen molar-refractivity contribution in [3.63, 3.8) is 0 Å². The highest BCUT2D eigenvalue weighted by molar-refractivity contribution is 6.18. The summed E-state index contributed by atoms with van der Waals surface area (Å²) in [6.45, 7) is 3.16. The molecule has 4 nitrogen and oxygen atoms in total. The normalized spacial score (nSPS) is 17.1. The highest BCUT2D eigenvalue weighted by Crippen LogP contribution is 2.34. The second-order valence-electron chi connectivity index (χ2n) is 4.77. The maximum absolute atomic E-state index is 12.4. The molecule has 4 heteroatoms. The van der Waals surface area contributed by atoms with Gasteiger partial charge in [-0.3, -0.25) is 0 Å². The van der Waals surface area contributed by atoms with Gasteiger partial charge >= 0.3 is 5.97 Å². The molecule has 0 bridgehead atoms. The first-order chi connectivity index (χ1) is 9.69. The molecule has 108 valence electrons. The van der Waals surface area contributed by atoms with Gasteiger partial charge < -0.3 is 14.4 Å². The Kier molecular flexibility index (Phi) is 4.66. The van der Waals surface area contributed by atoms with E-state index in [1.165, 1.54) is 0 Å². The number of carbonyl (C=O) groups excluding carboxylic acids is 1. The van der Waals surface area contributed by atoms with Gasteiger partial charge in [-0.1, -0.05) is 18.2 Å². The van der Waals surface area contributed by atoms with Gasteiger partial charge in [-0.2, -0.15) is 0 Å². The van der Waals surface area contributed by atoms with Crippen LogP contribution >= 0.6 is 0 Å². The third-order valence-corrected chi connectivity index (χ3v) is 3.51. The van der Waals surface area contributed by atoms with Gasteiger partial charge in [-0.25, -0.2) is 4.79 Å². The molecule has 2 rings (SSSR count). The van der Waals surface area contributed by atoms with Crippen molar-refractivity contribution in [2.75, 3.05) is 27.3 Å². The van der Waals surface area contributed by atoms with Crippen LogP contribution < -0.4 is 4.74 Å². The summed E-state index contributed by atoms with van der Waals surface area (Å²) < 4.78 is 10.6. The average Bonchev–Trinajstić information content (AvgIpc) is 2.86. The highest BCUT2D eigenvalue weighted by Gasteiger charge is 2.26. The van der Waals surface area contributed by atoms with E-state index in [1.807, 2.05) is 38.2 Å². The number of hydrogen-bond donors (Lipinski definition) is 0. The molecule has 1 aromatic carbocycles. The Balaban J connectivity index is 2.55. The van der Waals surface area contributed by atoms with Crippen LogP contribution in [0.25, 0.3) is 5.57 Å². The molecule has 1 saturated heterocycles. The number of nitrogens with zero attached hydrogens (tertiary/aromatic N) is 1. The van der Waals surface area contributed by atoms with Gasteiger partial charge in [0.15, 0.2) is 0 Å². The SMILES string of the molecule is CCOC(=O)C(=C1CCCN1C)c1ccccc1OC. The van der Waals surface area contributed by atoms with Gasteiger partial charge in [-0.15, -0.1) is 0 Å². The molecule has 0 radical (unpaired) electrons. The quantitative estimate of drug-likeness (QED) is 0.625. The van der Waals surface area contributed by atoms with E-state index in [1.54, 1.807) is 7.11 Å². The first kappa shape index (κ1) is 14.4. The van der Waals surface area contributed by atoms with Crippen LogP contribution in [0.2, 0.25) is 0 Å². The summed E-state index contributed by atoms with van der Waals surface area (Å²) >= 11 is 0. The summed E-state index contributed by atoms with van der Waals surface area (Å²) in [6.07, 6.45) is 1.95. The molecule has 1 heterocycles. The molecule has 0 aliphatic carbocycles. The molecule has 1 aliphatic rings. The molecular weight excluding hydrogens is 254 g/mol. The zero-order chi connectivity index (χ0) is 14.5. The number of methoxy groups -OCH3 is 1. The van der Waals surface area contributed by atoms with Crippen molar-refractivity contribution >= 4 is 11.5 Å². The number of esters is 1. The van der Waals surface area contributed by atoms with Crippen molar-refractivity contribution in [2.45, 2.75) is 19.8 Å². The minimum Gasteiger partial charge on any atom is -0.496 e. The average molecular weight is 275 g/mol. The second-order valence-corrected chi connectivity index (χ2v) is 4.77. The molecule has 0 atom stereocenters. The summed E-state index contributed by atoms with van der Waals surface area (Å²) in [5.41, 5.74) is 2.47. The van der Waals surface area contributed by atoms with E-state index in [2.05, 4.69) is 4.90 Å². The number of hydrogen-bond acceptors (Lipinski definition) is 4. The van der Waals surface area contributed by atoms with Crippen LogP contribution in [0.1, 0.15) is 25.3 Å². The van der Waals surface area contributed by atoms with E-state index >= 15 is 0 Å². The minimum absolute atomic E-state index is 0.277. The van der Waals surface area contributed by atoms with Crippen molar-refractivity contribution < 1.29 is 14.3 Å². The number of carbonyl (C=O) groups is 1. The molecule has 0 aromatic heterocycles. The van der Waals surface area contributed by atoms with E-state index in [4.69, 9.17) is 9.47 Å². The Labute approximate surface area is 120 Å². The van der Waals surface area contributed by atoms with Crippen LogP contribution in [0, 0.1) is 0 Å². The molecule has 1 aromatic rings. The Morgan fingerprint density at radius 1 is 1.35 bits per heavy atom. The fourth-order valence-electron chi connectivity index (χ4n) is 2.56. The van der Waals surface area contributed by atoms with Crippen LogP contribution in [-0.4, -0.2) is 38.2 Å². The predicted octanol–water partition coefficient (Wildman–Crippen LogP) is 2.70. The minimum atomic E-state index is -0.277. The van der Waals surface area contributed by atoms with Crippen LogP contribution in [0.15, 0.2) is 30.0 Å². The first-order valence-electron chi connectivity index (χ1n) is 6.93. The van der Waals surface area contributed by atoms with Crippen molar-refractivity contribution in [2.24, 2.45) is 0 Å². The Bertz CT molecular complexity index is 522. The molecule has 1 aliphatic heterocycles. The summed E-state index contributed by atoms with van der Waals surface area (Å²) in [5.74, 6) is 0.420. The van der Waals surface area contributed by atoms with E-state index in [0.717, 1.165) is 30.6 Å². The van der Waals surface area contributed by atoms with Crippen LogP contribution in [0.5, 0.6) is 5.75 Å². The lowest BCUT2D eigenvalue weighted by molar-refractivity contribution is -0.136. The number of benzene rings is 1. The zero-order valence-electron chi connectivity index (χ0n) is 12.3. The predicted molar refractivity (Wildman–Crippen MR) is 78.4 cm³/mol. The lowest BCUT2D eigenvalue weighted by Crippen LogP contribution is -2.17. The third-order valence-electron chi connectivity index (χ3n) is 3.51. The standard InChI is InChI=1S/C16H21NO3/c1-4-20-16(18)15(13-9-7-11-17(13)2)12-8-5-6-10-14(12)19-3/h5-6,8,10H,4,7,9,11H2,1-3H3. The van der Waals surface area contributed by atoms with Crippen molar-refractivity contribution in [3.8, 4) is 5.75 Å². The third kappa shape index (κ3) is 2.79. The Morgan fingerprint density at radius 3 is 2.70 bits per heavy atom. The number of rotatable bonds is 4. The molecule has 20 heavy (non-hydrogen) atoms. The topological polar surface area (TPSA) is 38.8 Å². The molecule has 0 spiro atoms. The number of allylic oxidation sites excluding steroid dienone is 1. The van der Waals surface area contributed by atoms with Gasteiger partial charge in [0.2, 0.25) is 0 Å². The largest absolute Gasteiger partial charge is 0.496 e. The number of para-hydroxylation sites is 1. The molecule has 0 unspecified atom stereocenters. The Morgan fingerprint density at radius 2 is 2.10 bits per heavy atom. The number of likely N-dealkylation sites (tertiary alicyclic amines) is 1. The fraction of sp³-hybridized carbons (Fsp3) is 0.438. The van der Waals surface area contributed by atoms with Gasteiger partial charge in [-0.05, 0) is 25.8 Å². The summed E-state index contributed by atoms with van der Waals surface area (Å²) in [7, 11) is 3.63. The number of ether oxygens (including phenoxy) is 2. The van der Waals surface area contributed by atoms with Crippen molar-refractivity contribution in [1.29, 1.82) is 0 Å². The van der Waals surface area contributed by atoms with E-state index in [9.17, 15) is 4.79 Å². The van der Waals surface area contributed by atoms with Crippen LogP contribution in [-0.2, 0) is 9.53 Å². The zero-order valence-corrected chi connectivity index (χ0v) is 12.3. The lowest BCUT2D eigenvalue weighted by atomic mass is 10.0. The van der Waals surface area contributed by atoms with Crippen LogP contribution in [0.4, 0.5) is 0 Å². The lowest BCUT2D eigenvalue weighted by Gasteiger charge is -2.19. The van der Waals surface area contributed by atoms with E-state index < -0.39 is 0 Å². The van der Waals surface area contributed by atoms with Crippen molar-refractivity contribution in [1.82, 2.24) is 4.90 Å². The fourth-order valence-corrected chi connectivity index (χ4v) is 2.56. The molecular formula is C16H21NO3. The van der Waals surface area contributed by atoms with Gasteiger partial charge in [0.05, 0.1) is 19.3 Å².